The van der Waals surface area contributed by atoms with Crippen molar-refractivity contribution in [1.82, 2.24) is 9.55 Å². The Morgan fingerprint density at radius 1 is 0.909 bits per heavy atom. The average Bonchev–Trinajstić information content (AvgIpc) is 2.98. The van der Waals surface area contributed by atoms with Crippen molar-refractivity contribution in [2.24, 2.45) is 0 Å². The van der Waals surface area contributed by atoms with Crippen molar-refractivity contribution in [2.75, 3.05) is 5.73 Å². The Bertz CT molecular complexity index is 716. The second kappa shape index (κ2) is 6.94. The van der Waals surface area contributed by atoms with Gasteiger partial charge in [0.05, 0.1) is 6.54 Å². The van der Waals surface area contributed by atoms with Crippen molar-refractivity contribution in [3.05, 3.63) is 83.9 Å². The van der Waals surface area contributed by atoms with Crippen LogP contribution in [0.1, 0.15) is 23.4 Å². The summed E-state index contributed by atoms with van der Waals surface area (Å²) in [6, 6.07) is 18.6. The summed E-state index contributed by atoms with van der Waals surface area (Å²) in [5, 5.41) is 0. The monoisotopic (exact) mass is 291 g/mol. The molecular weight excluding hydrogens is 270 g/mol. The van der Waals surface area contributed by atoms with Crippen LogP contribution in [0.2, 0.25) is 0 Å². The fourth-order valence-electron chi connectivity index (χ4n) is 2.67. The first-order valence-electron chi connectivity index (χ1n) is 7.70. The predicted molar refractivity (Wildman–Crippen MR) is 90.7 cm³/mol. The second-order valence-electron chi connectivity index (χ2n) is 5.51. The molecule has 3 heteroatoms. The van der Waals surface area contributed by atoms with Crippen molar-refractivity contribution in [2.45, 2.75) is 25.8 Å². The number of rotatable bonds is 6. The zero-order chi connectivity index (χ0) is 15.2. The first-order valence-corrected chi connectivity index (χ1v) is 7.70. The Morgan fingerprint density at radius 3 is 2.50 bits per heavy atom. The van der Waals surface area contributed by atoms with Crippen molar-refractivity contribution in [1.29, 1.82) is 0 Å². The number of para-hydroxylation sites is 1. The topological polar surface area (TPSA) is 43.8 Å². The van der Waals surface area contributed by atoms with Gasteiger partial charge >= 0.3 is 0 Å². The summed E-state index contributed by atoms with van der Waals surface area (Å²) in [7, 11) is 0. The number of nitrogens with zero attached hydrogens (tertiary/aromatic N) is 2. The van der Waals surface area contributed by atoms with Crippen LogP contribution in [0, 0.1) is 0 Å². The van der Waals surface area contributed by atoms with Crippen LogP contribution < -0.4 is 5.73 Å². The predicted octanol–water partition coefficient (Wildman–Crippen LogP) is 3.69. The number of aryl methyl sites for hydroxylation is 2. The minimum absolute atomic E-state index is 0.785. The van der Waals surface area contributed by atoms with Gasteiger partial charge in [-0.15, -0.1) is 0 Å². The molecule has 3 rings (SSSR count). The van der Waals surface area contributed by atoms with Gasteiger partial charge in [0.15, 0.2) is 0 Å². The van der Waals surface area contributed by atoms with E-state index in [-0.39, 0.29) is 0 Å². The maximum absolute atomic E-state index is 6.03. The Balaban J connectivity index is 1.61. The maximum atomic E-state index is 6.03. The quantitative estimate of drug-likeness (QED) is 0.704. The Kier molecular flexibility index (Phi) is 4.54. The van der Waals surface area contributed by atoms with E-state index >= 15 is 0 Å². The molecule has 0 spiro atoms. The van der Waals surface area contributed by atoms with E-state index in [1.54, 1.807) is 0 Å². The number of hydrogen-bond donors (Lipinski definition) is 1. The van der Waals surface area contributed by atoms with Crippen LogP contribution in [-0.4, -0.2) is 9.55 Å². The summed E-state index contributed by atoms with van der Waals surface area (Å²) in [6.07, 6.45) is 7.07. The molecule has 3 nitrogen and oxygen atoms in total. The third-order valence-electron chi connectivity index (χ3n) is 3.91. The van der Waals surface area contributed by atoms with Gasteiger partial charge in [0.25, 0.3) is 0 Å². The number of aromatic nitrogens is 2. The smallest absolute Gasteiger partial charge is 0.108 e. The third-order valence-corrected chi connectivity index (χ3v) is 3.91. The highest BCUT2D eigenvalue weighted by molar-refractivity contribution is 5.46. The van der Waals surface area contributed by atoms with Gasteiger partial charge in [0.2, 0.25) is 0 Å². The molecule has 0 saturated carbocycles. The van der Waals surface area contributed by atoms with E-state index < -0.39 is 0 Å². The molecule has 0 radical (unpaired) electrons. The Morgan fingerprint density at radius 2 is 1.68 bits per heavy atom. The summed E-state index contributed by atoms with van der Waals surface area (Å²) in [5.41, 5.74) is 9.39. The molecule has 3 aromatic rings. The van der Waals surface area contributed by atoms with E-state index in [2.05, 4.69) is 45.9 Å². The van der Waals surface area contributed by atoms with Crippen LogP contribution in [0.15, 0.2) is 67.0 Å². The van der Waals surface area contributed by atoms with E-state index in [0.29, 0.717) is 0 Å². The van der Waals surface area contributed by atoms with E-state index in [1.165, 1.54) is 5.56 Å². The highest BCUT2D eigenvalue weighted by atomic mass is 15.1. The molecule has 0 bridgehead atoms. The maximum Gasteiger partial charge on any atom is 0.108 e. The van der Waals surface area contributed by atoms with Gasteiger partial charge in [-0.05, 0) is 30.0 Å². The molecule has 0 aliphatic rings. The lowest BCUT2D eigenvalue weighted by Gasteiger charge is -2.10. The molecule has 0 aliphatic carbocycles. The van der Waals surface area contributed by atoms with Gasteiger partial charge in [-0.2, -0.15) is 0 Å². The molecule has 0 fully saturated rings. The number of benzene rings is 2. The van der Waals surface area contributed by atoms with Crippen LogP contribution in [0.4, 0.5) is 5.69 Å². The number of nitrogen functional groups attached to an aromatic ring is 1. The molecule has 22 heavy (non-hydrogen) atoms. The number of imidazole rings is 1. The SMILES string of the molecule is Nc1ccccc1Cn1ccnc1CCCc1ccccc1. The number of hydrogen-bond acceptors (Lipinski definition) is 2. The molecule has 1 aromatic heterocycles. The Labute approximate surface area is 131 Å². The first kappa shape index (κ1) is 14.4. The van der Waals surface area contributed by atoms with Crippen LogP contribution in [0.3, 0.4) is 0 Å². The molecule has 0 saturated heterocycles. The van der Waals surface area contributed by atoms with Gasteiger partial charge in [0, 0.05) is 24.5 Å². The fourth-order valence-corrected chi connectivity index (χ4v) is 2.67. The molecule has 0 unspecified atom stereocenters. The molecule has 0 aliphatic heterocycles. The average molecular weight is 291 g/mol. The second-order valence-corrected chi connectivity index (χ2v) is 5.51. The summed E-state index contributed by atoms with van der Waals surface area (Å²) < 4.78 is 2.19. The molecule has 112 valence electrons. The standard InChI is InChI=1S/C19H21N3/c20-18-11-5-4-10-17(18)15-22-14-13-21-19(22)12-6-9-16-7-2-1-3-8-16/h1-5,7-8,10-11,13-14H,6,9,12,15,20H2. The summed E-state index contributed by atoms with van der Waals surface area (Å²) in [5.74, 6) is 1.12. The van der Waals surface area contributed by atoms with Gasteiger partial charge in [-0.1, -0.05) is 48.5 Å². The summed E-state index contributed by atoms with van der Waals surface area (Å²) >= 11 is 0. The van der Waals surface area contributed by atoms with E-state index in [4.69, 9.17) is 5.73 Å². The fraction of sp³-hybridized carbons (Fsp3) is 0.211. The van der Waals surface area contributed by atoms with E-state index in [0.717, 1.165) is 42.9 Å². The molecular formula is C19H21N3. The highest BCUT2D eigenvalue weighted by Crippen LogP contribution is 2.14. The summed E-state index contributed by atoms with van der Waals surface area (Å²) in [4.78, 5) is 4.50. The lowest BCUT2D eigenvalue weighted by molar-refractivity contribution is 0.686. The van der Waals surface area contributed by atoms with Crippen molar-refractivity contribution in [3.8, 4) is 0 Å². The lowest BCUT2D eigenvalue weighted by atomic mass is 10.1. The minimum Gasteiger partial charge on any atom is -0.398 e. The zero-order valence-electron chi connectivity index (χ0n) is 12.7. The molecule has 1 heterocycles. The van der Waals surface area contributed by atoms with Crippen LogP contribution in [-0.2, 0) is 19.4 Å². The van der Waals surface area contributed by atoms with Gasteiger partial charge in [0.1, 0.15) is 5.82 Å². The van der Waals surface area contributed by atoms with Crippen LogP contribution >= 0.6 is 0 Å². The van der Waals surface area contributed by atoms with Crippen molar-refractivity contribution < 1.29 is 0 Å². The van der Waals surface area contributed by atoms with Crippen LogP contribution in [0.25, 0.3) is 0 Å². The summed E-state index contributed by atoms with van der Waals surface area (Å²) in [6.45, 7) is 0.785. The first-order chi connectivity index (χ1) is 10.8. The third kappa shape index (κ3) is 3.55. The minimum atomic E-state index is 0.785. The molecule has 2 N–H and O–H groups in total. The largest absolute Gasteiger partial charge is 0.398 e. The van der Waals surface area contributed by atoms with E-state index in [1.807, 2.05) is 30.6 Å². The molecule has 2 aromatic carbocycles. The molecule has 0 amide bonds. The lowest BCUT2D eigenvalue weighted by Crippen LogP contribution is -2.07. The van der Waals surface area contributed by atoms with Crippen LogP contribution in [0.5, 0.6) is 0 Å². The number of anilines is 1. The van der Waals surface area contributed by atoms with Gasteiger partial charge in [-0.25, -0.2) is 4.98 Å². The normalized spacial score (nSPS) is 10.7. The van der Waals surface area contributed by atoms with Crippen molar-refractivity contribution in [3.63, 3.8) is 0 Å². The van der Waals surface area contributed by atoms with E-state index in [9.17, 15) is 0 Å². The van der Waals surface area contributed by atoms with Crippen molar-refractivity contribution >= 4 is 5.69 Å². The van der Waals surface area contributed by atoms with Gasteiger partial charge in [-0.3, -0.25) is 0 Å². The highest BCUT2D eigenvalue weighted by Gasteiger charge is 2.05. The Hall–Kier alpha value is -2.55. The molecule has 0 atom stereocenters. The zero-order valence-corrected chi connectivity index (χ0v) is 12.7. The number of nitrogens with two attached hydrogens (primary N) is 1. The van der Waals surface area contributed by atoms with Gasteiger partial charge < -0.3 is 10.3 Å².